The summed E-state index contributed by atoms with van der Waals surface area (Å²) in [5.41, 5.74) is 2.38. The molecule has 0 bridgehead atoms. The SMILES string of the molecule is O=C(N/N=C\c1ccccc1[N+](=O)[O-])c1cc(Br)ccc1O. The van der Waals surface area contributed by atoms with Crippen molar-refractivity contribution in [3.05, 3.63) is 68.2 Å². The quantitative estimate of drug-likeness (QED) is 0.494. The lowest BCUT2D eigenvalue weighted by Crippen LogP contribution is -2.17. The summed E-state index contributed by atoms with van der Waals surface area (Å²) < 4.78 is 0.623. The predicted molar refractivity (Wildman–Crippen MR) is 84.0 cm³/mol. The maximum atomic E-state index is 11.9. The minimum Gasteiger partial charge on any atom is -0.507 e. The van der Waals surface area contributed by atoms with Gasteiger partial charge in [0.1, 0.15) is 5.75 Å². The van der Waals surface area contributed by atoms with E-state index in [0.717, 1.165) is 0 Å². The van der Waals surface area contributed by atoms with Gasteiger partial charge in [-0.2, -0.15) is 5.10 Å². The highest BCUT2D eigenvalue weighted by Crippen LogP contribution is 2.21. The third-order valence-corrected chi connectivity index (χ3v) is 3.20. The number of hydrogen-bond acceptors (Lipinski definition) is 5. The number of nitrogens with one attached hydrogen (secondary N) is 1. The molecule has 7 nitrogen and oxygen atoms in total. The van der Waals surface area contributed by atoms with Crippen molar-refractivity contribution in [1.29, 1.82) is 0 Å². The minimum absolute atomic E-state index is 0.0362. The number of benzene rings is 2. The van der Waals surface area contributed by atoms with Crippen molar-refractivity contribution in [2.75, 3.05) is 0 Å². The van der Waals surface area contributed by atoms with Crippen LogP contribution in [-0.2, 0) is 0 Å². The van der Waals surface area contributed by atoms with Gasteiger partial charge in [0.25, 0.3) is 11.6 Å². The third-order valence-electron chi connectivity index (χ3n) is 2.71. The number of nitro groups is 1. The van der Waals surface area contributed by atoms with E-state index in [1.54, 1.807) is 12.1 Å². The lowest BCUT2D eigenvalue weighted by molar-refractivity contribution is -0.385. The molecule has 0 atom stereocenters. The number of hydrogen-bond donors (Lipinski definition) is 2. The van der Waals surface area contributed by atoms with Crippen LogP contribution in [-0.4, -0.2) is 22.2 Å². The molecule has 0 radical (unpaired) electrons. The van der Waals surface area contributed by atoms with E-state index in [0.29, 0.717) is 4.47 Å². The molecule has 0 aliphatic rings. The van der Waals surface area contributed by atoms with Crippen molar-refractivity contribution in [2.45, 2.75) is 0 Å². The van der Waals surface area contributed by atoms with Gasteiger partial charge in [-0.3, -0.25) is 14.9 Å². The van der Waals surface area contributed by atoms with Crippen LogP contribution in [0.4, 0.5) is 5.69 Å². The molecule has 2 N–H and O–H groups in total. The summed E-state index contributed by atoms with van der Waals surface area (Å²) in [6.45, 7) is 0. The second-order valence-electron chi connectivity index (χ2n) is 4.18. The first-order valence-corrected chi connectivity index (χ1v) is 6.83. The number of phenols is 1. The predicted octanol–water partition coefficient (Wildman–Crippen LogP) is 2.83. The van der Waals surface area contributed by atoms with Crippen LogP contribution in [0.1, 0.15) is 15.9 Å². The molecular formula is C14H10BrN3O4. The van der Waals surface area contributed by atoms with Crippen LogP contribution in [0.2, 0.25) is 0 Å². The van der Waals surface area contributed by atoms with E-state index < -0.39 is 10.8 Å². The number of amides is 1. The van der Waals surface area contributed by atoms with E-state index in [1.165, 1.54) is 36.5 Å². The molecule has 0 heterocycles. The molecule has 2 aromatic carbocycles. The normalized spacial score (nSPS) is 10.6. The standard InChI is InChI=1S/C14H10BrN3O4/c15-10-5-6-13(19)11(7-10)14(20)17-16-8-9-3-1-2-4-12(9)18(21)22/h1-8,19H,(H,17,20)/b16-8-. The fraction of sp³-hybridized carbons (Fsp3) is 0. The number of para-hydroxylation sites is 1. The molecule has 0 aliphatic carbocycles. The van der Waals surface area contributed by atoms with E-state index in [1.807, 2.05) is 0 Å². The fourth-order valence-corrected chi connectivity index (χ4v) is 2.03. The zero-order valence-electron chi connectivity index (χ0n) is 11.1. The van der Waals surface area contributed by atoms with Crippen LogP contribution in [0.3, 0.4) is 0 Å². The van der Waals surface area contributed by atoms with Crippen molar-refractivity contribution in [1.82, 2.24) is 5.43 Å². The lowest BCUT2D eigenvalue weighted by Gasteiger charge is -2.03. The Hall–Kier alpha value is -2.74. The van der Waals surface area contributed by atoms with Crippen molar-refractivity contribution in [3.8, 4) is 5.75 Å². The molecule has 0 unspecified atom stereocenters. The van der Waals surface area contributed by atoms with E-state index in [2.05, 4.69) is 26.5 Å². The van der Waals surface area contributed by atoms with Crippen LogP contribution < -0.4 is 5.43 Å². The third kappa shape index (κ3) is 3.67. The number of carbonyl (C=O) groups is 1. The van der Waals surface area contributed by atoms with Gasteiger partial charge in [-0.15, -0.1) is 0 Å². The van der Waals surface area contributed by atoms with Crippen molar-refractivity contribution in [3.63, 3.8) is 0 Å². The van der Waals surface area contributed by atoms with Gasteiger partial charge < -0.3 is 5.11 Å². The van der Waals surface area contributed by atoms with Gasteiger partial charge >= 0.3 is 0 Å². The van der Waals surface area contributed by atoms with E-state index in [9.17, 15) is 20.0 Å². The molecule has 1 amide bonds. The monoisotopic (exact) mass is 363 g/mol. The number of halogens is 1. The highest BCUT2D eigenvalue weighted by Gasteiger charge is 2.12. The molecule has 0 spiro atoms. The van der Waals surface area contributed by atoms with Gasteiger partial charge in [-0.1, -0.05) is 28.1 Å². The number of phenolic OH excluding ortho intramolecular Hbond substituents is 1. The summed E-state index contributed by atoms with van der Waals surface area (Å²) in [5.74, 6) is -0.824. The summed E-state index contributed by atoms with van der Waals surface area (Å²) in [7, 11) is 0. The highest BCUT2D eigenvalue weighted by atomic mass is 79.9. The summed E-state index contributed by atoms with van der Waals surface area (Å²) >= 11 is 3.19. The van der Waals surface area contributed by atoms with Gasteiger partial charge in [-0.25, -0.2) is 5.43 Å². The number of nitrogens with zero attached hydrogens (tertiary/aromatic N) is 2. The summed E-state index contributed by atoms with van der Waals surface area (Å²) in [5, 5.41) is 24.1. The Balaban J connectivity index is 2.14. The van der Waals surface area contributed by atoms with Gasteiger partial charge in [0, 0.05) is 10.5 Å². The van der Waals surface area contributed by atoms with Crippen molar-refractivity contribution in [2.24, 2.45) is 5.10 Å². The van der Waals surface area contributed by atoms with Crippen LogP contribution in [0.25, 0.3) is 0 Å². The number of carbonyl (C=O) groups excluding carboxylic acids is 1. The first-order valence-electron chi connectivity index (χ1n) is 6.04. The smallest absolute Gasteiger partial charge is 0.278 e. The Labute approximate surface area is 133 Å². The molecule has 2 aromatic rings. The molecule has 8 heteroatoms. The molecule has 0 fully saturated rings. The summed E-state index contributed by atoms with van der Waals surface area (Å²) in [6.07, 6.45) is 1.17. The number of hydrazone groups is 1. The average Bonchev–Trinajstić information content (AvgIpc) is 2.50. The van der Waals surface area contributed by atoms with E-state index in [-0.39, 0.29) is 22.6 Å². The van der Waals surface area contributed by atoms with Crippen LogP contribution in [0.5, 0.6) is 5.75 Å². The molecule has 22 heavy (non-hydrogen) atoms. The van der Waals surface area contributed by atoms with Crippen molar-refractivity contribution >= 4 is 33.7 Å². The Morgan fingerprint density at radius 1 is 1.32 bits per heavy atom. The molecular weight excluding hydrogens is 354 g/mol. The summed E-state index contributed by atoms with van der Waals surface area (Å²) in [6, 6.07) is 10.4. The van der Waals surface area contributed by atoms with Gasteiger partial charge in [0.05, 0.1) is 22.3 Å². The van der Waals surface area contributed by atoms with Crippen molar-refractivity contribution < 1.29 is 14.8 Å². The number of rotatable bonds is 4. The van der Waals surface area contributed by atoms with E-state index >= 15 is 0 Å². The second-order valence-corrected chi connectivity index (χ2v) is 5.09. The fourth-order valence-electron chi connectivity index (χ4n) is 1.67. The Kier molecular flexibility index (Phi) is 4.84. The largest absolute Gasteiger partial charge is 0.507 e. The first-order chi connectivity index (χ1) is 10.5. The molecule has 0 aromatic heterocycles. The number of aromatic hydroxyl groups is 1. The molecule has 2 rings (SSSR count). The topological polar surface area (TPSA) is 105 Å². The highest BCUT2D eigenvalue weighted by molar-refractivity contribution is 9.10. The molecule has 0 saturated carbocycles. The second kappa shape index (κ2) is 6.81. The maximum absolute atomic E-state index is 11.9. The zero-order valence-corrected chi connectivity index (χ0v) is 12.6. The van der Waals surface area contributed by atoms with Crippen LogP contribution in [0.15, 0.2) is 52.0 Å². The Bertz CT molecular complexity index is 762. The Morgan fingerprint density at radius 2 is 2.05 bits per heavy atom. The first kappa shape index (κ1) is 15.6. The molecule has 0 saturated heterocycles. The Morgan fingerprint density at radius 3 is 2.77 bits per heavy atom. The lowest BCUT2D eigenvalue weighted by atomic mass is 10.2. The molecule has 0 aliphatic heterocycles. The average molecular weight is 364 g/mol. The minimum atomic E-state index is -0.631. The summed E-state index contributed by atoms with van der Waals surface area (Å²) in [4.78, 5) is 22.2. The zero-order chi connectivity index (χ0) is 16.1. The van der Waals surface area contributed by atoms with Gasteiger partial charge in [0.2, 0.25) is 0 Å². The maximum Gasteiger partial charge on any atom is 0.278 e. The van der Waals surface area contributed by atoms with Gasteiger partial charge in [0.15, 0.2) is 0 Å². The van der Waals surface area contributed by atoms with Gasteiger partial charge in [-0.05, 0) is 24.3 Å². The van der Waals surface area contributed by atoms with Crippen LogP contribution in [0, 0.1) is 10.1 Å². The molecule has 112 valence electrons. The number of nitro benzene ring substituents is 1. The van der Waals surface area contributed by atoms with E-state index in [4.69, 9.17) is 0 Å². The van der Waals surface area contributed by atoms with Crippen LogP contribution >= 0.6 is 15.9 Å².